The molecule has 0 aliphatic rings. The Morgan fingerprint density at radius 1 is 0.857 bits per heavy atom. The predicted molar refractivity (Wildman–Crippen MR) is 137 cm³/mol. The Balaban J connectivity index is 1.66. The van der Waals surface area contributed by atoms with Gasteiger partial charge in [0.25, 0.3) is 0 Å². The number of hydrogen-bond acceptors (Lipinski definition) is 7. The number of benzene rings is 2. The fraction of sp³-hybridized carbons (Fsp3) is 0.333. The zero-order chi connectivity index (χ0) is 24.9. The van der Waals surface area contributed by atoms with Gasteiger partial charge in [0.2, 0.25) is 0 Å². The van der Waals surface area contributed by atoms with Gasteiger partial charge in [0.05, 0.1) is 34.1 Å². The average Bonchev–Trinajstić information content (AvgIpc) is 3.31. The van der Waals surface area contributed by atoms with Gasteiger partial charge in [-0.1, -0.05) is 13.0 Å². The van der Waals surface area contributed by atoms with E-state index in [1.54, 1.807) is 28.4 Å². The number of anilines is 1. The Bertz CT molecular complexity index is 1310. The van der Waals surface area contributed by atoms with E-state index in [4.69, 9.17) is 29.0 Å². The molecule has 0 atom stereocenters. The smallest absolute Gasteiger partial charge is 0.160 e. The lowest BCUT2D eigenvalue weighted by molar-refractivity contribution is 0.354. The van der Waals surface area contributed by atoms with Gasteiger partial charge in [0, 0.05) is 35.5 Å². The predicted octanol–water partition coefficient (Wildman–Crippen LogP) is 4.96. The van der Waals surface area contributed by atoms with Crippen LogP contribution >= 0.6 is 0 Å². The van der Waals surface area contributed by atoms with Gasteiger partial charge in [-0.3, -0.25) is 0 Å². The van der Waals surface area contributed by atoms with E-state index in [1.807, 2.05) is 47.8 Å². The van der Waals surface area contributed by atoms with Gasteiger partial charge in [-0.2, -0.15) is 9.61 Å². The lowest BCUT2D eigenvalue weighted by Crippen LogP contribution is -2.13. The average molecular weight is 477 g/mol. The molecule has 0 aliphatic carbocycles. The number of aromatic nitrogens is 3. The number of fused-ring (bicyclic) bond motifs is 1. The summed E-state index contributed by atoms with van der Waals surface area (Å²) in [4.78, 5) is 4.81. The minimum atomic E-state index is 0.711. The highest BCUT2D eigenvalue weighted by Crippen LogP contribution is 2.31. The molecule has 0 bridgehead atoms. The maximum atomic E-state index is 5.44. The molecule has 0 saturated carbocycles. The summed E-state index contributed by atoms with van der Waals surface area (Å²) in [7, 11) is 6.57. The first-order chi connectivity index (χ1) is 17.0. The standard InChI is InChI=1S/C27H32N4O4/c1-7-22-17(2)29-26-16-23(19-13-20(32-3)15-21(14-19)33-4)30-31(26)27(22)28-11-10-18-8-9-24(34-5)25(12-18)35-6/h8-9,12-16,28H,7,10-11H2,1-6H3. The van der Waals surface area contributed by atoms with Crippen molar-refractivity contribution in [2.75, 3.05) is 40.3 Å². The van der Waals surface area contributed by atoms with Crippen LogP contribution in [0.1, 0.15) is 23.7 Å². The van der Waals surface area contributed by atoms with E-state index in [0.29, 0.717) is 11.5 Å². The van der Waals surface area contributed by atoms with Gasteiger partial charge in [0.1, 0.15) is 17.3 Å². The van der Waals surface area contributed by atoms with Crippen molar-refractivity contribution in [1.29, 1.82) is 0 Å². The summed E-state index contributed by atoms with van der Waals surface area (Å²) in [6, 6.07) is 13.7. The van der Waals surface area contributed by atoms with Crippen molar-refractivity contribution in [3.8, 4) is 34.3 Å². The Morgan fingerprint density at radius 2 is 1.57 bits per heavy atom. The molecule has 0 fully saturated rings. The van der Waals surface area contributed by atoms with Gasteiger partial charge >= 0.3 is 0 Å². The van der Waals surface area contributed by atoms with Crippen LogP contribution in [0.2, 0.25) is 0 Å². The Labute approximate surface area is 205 Å². The van der Waals surface area contributed by atoms with Crippen LogP contribution in [0.4, 0.5) is 5.82 Å². The van der Waals surface area contributed by atoms with Crippen molar-refractivity contribution in [2.24, 2.45) is 0 Å². The third-order valence-corrected chi connectivity index (χ3v) is 6.06. The second-order valence-corrected chi connectivity index (χ2v) is 8.14. The highest BCUT2D eigenvalue weighted by molar-refractivity contribution is 5.69. The molecule has 8 heteroatoms. The zero-order valence-electron chi connectivity index (χ0n) is 21.1. The molecule has 184 valence electrons. The number of rotatable bonds is 10. The first kappa shape index (κ1) is 24.2. The number of ether oxygens (including phenoxy) is 4. The fourth-order valence-corrected chi connectivity index (χ4v) is 4.22. The quantitative estimate of drug-likeness (QED) is 0.347. The zero-order valence-corrected chi connectivity index (χ0v) is 21.1. The highest BCUT2D eigenvalue weighted by atomic mass is 16.5. The molecule has 0 amide bonds. The van der Waals surface area contributed by atoms with E-state index in [1.165, 1.54) is 0 Å². The van der Waals surface area contributed by atoms with Crippen LogP contribution in [0.25, 0.3) is 16.9 Å². The number of hydrogen-bond donors (Lipinski definition) is 1. The van der Waals surface area contributed by atoms with Crippen molar-refractivity contribution >= 4 is 11.5 Å². The van der Waals surface area contributed by atoms with Crippen LogP contribution in [0.5, 0.6) is 23.0 Å². The second kappa shape index (κ2) is 10.5. The van der Waals surface area contributed by atoms with Crippen LogP contribution in [-0.4, -0.2) is 49.6 Å². The minimum Gasteiger partial charge on any atom is -0.497 e. The van der Waals surface area contributed by atoms with Crippen LogP contribution < -0.4 is 24.3 Å². The molecule has 1 N–H and O–H groups in total. The summed E-state index contributed by atoms with van der Waals surface area (Å²) in [6.07, 6.45) is 1.66. The molecule has 4 aromatic rings. The summed E-state index contributed by atoms with van der Waals surface area (Å²) in [5.41, 5.74) is 5.76. The normalized spacial score (nSPS) is 10.9. The maximum absolute atomic E-state index is 5.44. The molecule has 2 aromatic heterocycles. The van der Waals surface area contributed by atoms with Gasteiger partial charge in [-0.15, -0.1) is 0 Å². The third-order valence-electron chi connectivity index (χ3n) is 6.06. The highest BCUT2D eigenvalue weighted by Gasteiger charge is 2.16. The topological polar surface area (TPSA) is 79.1 Å². The summed E-state index contributed by atoms with van der Waals surface area (Å²) in [5.74, 6) is 3.83. The van der Waals surface area contributed by atoms with E-state index >= 15 is 0 Å². The van der Waals surface area contributed by atoms with Crippen molar-refractivity contribution in [3.63, 3.8) is 0 Å². The first-order valence-corrected chi connectivity index (χ1v) is 11.6. The molecule has 35 heavy (non-hydrogen) atoms. The van der Waals surface area contributed by atoms with E-state index in [0.717, 1.165) is 70.4 Å². The Morgan fingerprint density at radius 3 is 2.20 bits per heavy atom. The maximum Gasteiger partial charge on any atom is 0.160 e. The lowest BCUT2D eigenvalue weighted by Gasteiger charge is -2.15. The first-order valence-electron chi connectivity index (χ1n) is 11.6. The molecule has 2 heterocycles. The molecule has 8 nitrogen and oxygen atoms in total. The van der Waals surface area contributed by atoms with E-state index in [2.05, 4.69) is 18.3 Å². The van der Waals surface area contributed by atoms with E-state index < -0.39 is 0 Å². The molecular formula is C27H32N4O4. The molecule has 0 unspecified atom stereocenters. The van der Waals surface area contributed by atoms with E-state index in [9.17, 15) is 0 Å². The van der Waals surface area contributed by atoms with Crippen molar-refractivity contribution in [2.45, 2.75) is 26.7 Å². The number of aryl methyl sites for hydroxylation is 1. The minimum absolute atomic E-state index is 0.711. The van der Waals surface area contributed by atoms with Gasteiger partial charge in [-0.05, 0) is 49.6 Å². The Kier molecular flexibility index (Phi) is 7.29. The summed E-state index contributed by atoms with van der Waals surface area (Å²) >= 11 is 0. The molecule has 4 rings (SSSR count). The fourth-order valence-electron chi connectivity index (χ4n) is 4.22. The monoisotopic (exact) mass is 476 g/mol. The summed E-state index contributed by atoms with van der Waals surface area (Å²) < 4.78 is 23.6. The molecule has 0 spiro atoms. The molecular weight excluding hydrogens is 444 g/mol. The lowest BCUT2D eigenvalue weighted by atomic mass is 10.1. The van der Waals surface area contributed by atoms with Crippen LogP contribution in [0.3, 0.4) is 0 Å². The van der Waals surface area contributed by atoms with Crippen LogP contribution in [0, 0.1) is 6.92 Å². The van der Waals surface area contributed by atoms with Crippen molar-refractivity contribution < 1.29 is 18.9 Å². The number of nitrogens with one attached hydrogen (secondary N) is 1. The molecule has 0 radical (unpaired) electrons. The van der Waals surface area contributed by atoms with Gasteiger partial charge in [-0.25, -0.2) is 4.98 Å². The molecule has 2 aromatic carbocycles. The van der Waals surface area contributed by atoms with Crippen LogP contribution in [0.15, 0.2) is 42.5 Å². The Hall–Kier alpha value is -3.94. The van der Waals surface area contributed by atoms with Crippen molar-refractivity contribution in [1.82, 2.24) is 14.6 Å². The van der Waals surface area contributed by atoms with Gasteiger partial charge in [0.15, 0.2) is 17.1 Å². The SMILES string of the molecule is CCc1c(C)nc2cc(-c3cc(OC)cc(OC)c3)nn2c1NCCc1ccc(OC)c(OC)c1. The number of methoxy groups -OCH3 is 4. The third kappa shape index (κ3) is 4.96. The molecule has 0 saturated heterocycles. The van der Waals surface area contributed by atoms with Gasteiger partial charge < -0.3 is 24.3 Å². The van der Waals surface area contributed by atoms with Crippen LogP contribution in [-0.2, 0) is 12.8 Å². The summed E-state index contributed by atoms with van der Waals surface area (Å²) in [6.45, 7) is 4.90. The number of nitrogens with zero attached hydrogens (tertiary/aromatic N) is 3. The molecule has 0 aliphatic heterocycles. The van der Waals surface area contributed by atoms with E-state index in [-0.39, 0.29) is 0 Å². The largest absolute Gasteiger partial charge is 0.497 e. The summed E-state index contributed by atoms with van der Waals surface area (Å²) in [5, 5.41) is 8.51. The second-order valence-electron chi connectivity index (χ2n) is 8.14. The van der Waals surface area contributed by atoms with Crippen molar-refractivity contribution in [3.05, 3.63) is 59.3 Å².